The molecule has 0 fully saturated rings. The molecule has 0 aliphatic heterocycles. The molecule has 1 heterocycles. The summed E-state index contributed by atoms with van der Waals surface area (Å²) in [5.74, 6) is -0.0424. The quantitative estimate of drug-likeness (QED) is 0.517. The molecule has 0 bridgehead atoms. The standard InChI is InChI=1S/C14H17N5O7S2/c1-9-8-12(25-2)16-13(15-9)17-14(20)18-27(21,22)10-6-4-5-7-11(10)28(23,24)19-26-3/h4-8,19H,1-3H3,(H2,15,16,17,18,20). The fraction of sp³-hybridized carbons (Fsp3) is 0.214. The van der Waals surface area contributed by atoms with E-state index >= 15 is 0 Å². The number of anilines is 1. The Balaban J connectivity index is 2.30. The second kappa shape index (κ2) is 8.47. The van der Waals surface area contributed by atoms with Gasteiger partial charge in [-0.1, -0.05) is 17.0 Å². The van der Waals surface area contributed by atoms with Gasteiger partial charge in [0.25, 0.3) is 20.0 Å². The molecule has 3 N–H and O–H groups in total. The highest BCUT2D eigenvalue weighted by atomic mass is 32.2. The van der Waals surface area contributed by atoms with Crippen LogP contribution in [0, 0.1) is 6.92 Å². The van der Waals surface area contributed by atoms with Crippen LogP contribution in [-0.4, -0.2) is 47.1 Å². The lowest BCUT2D eigenvalue weighted by molar-refractivity contribution is 0.153. The third-order valence-electron chi connectivity index (χ3n) is 3.11. The summed E-state index contributed by atoms with van der Waals surface area (Å²) in [5.41, 5.74) is 0.465. The molecule has 0 spiro atoms. The summed E-state index contributed by atoms with van der Waals surface area (Å²) in [4.78, 5) is 24.7. The van der Waals surface area contributed by atoms with E-state index in [1.165, 1.54) is 25.3 Å². The van der Waals surface area contributed by atoms with Gasteiger partial charge >= 0.3 is 6.03 Å². The lowest BCUT2D eigenvalue weighted by atomic mass is 10.4. The average Bonchev–Trinajstić information content (AvgIpc) is 2.60. The number of ether oxygens (including phenoxy) is 1. The van der Waals surface area contributed by atoms with Crippen LogP contribution >= 0.6 is 0 Å². The van der Waals surface area contributed by atoms with Crippen molar-refractivity contribution in [1.29, 1.82) is 0 Å². The van der Waals surface area contributed by atoms with Crippen molar-refractivity contribution in [2.75, 3.05) is 19.5 Å². The topological polar surface area (TPSA) is 166 Å². The van der Waals surface area contributed by atoms with E-state index in [-0.39, 0.29) is 11.8 Å². The summed E-state index contributed by atoms with van der Waals surface area (Å²) in [7, 11) is -6.44. The van der Waals surface area contributed by atoms with E-state index in [9.17, 15) is 21.6 Å². The van der Waals surface area contributed by atoms with Crippen molar-refractivity contribution in [3.8, 4) is 5.88 Å². The van der Waals surface area contributed by atoms with Gasteiger partial charge < -0.3 is 4.74 Å². The highest BCUT2D eigenvalue weighted by Crippen LogP contribution is 2.20. The molecule has 12 nitrogen and oxygen atoms in total. The maximum atomic E-state index is 12.5. The molecule has 0 atom stereocenters. The minimum absolute atomic E-state index is 0.160. The van der Waals surface area contributed by atoms with Crippen LogP contribution in [0.3, 0.4) is 0 Å². The van der Waals surface area contributed by atoms with Gasteiger partial charge in [-0.15, -0.1) is 0 Å². The number of sulfonamides is 2. The molecule has 2 rings (SSSR count). The normalized spacial score (nSPS) is 11.7. The van der Waals surface area contributed by atoms with Crippen molar-refractivity contribution in [2.45, 2.75) is 16.7 Å². The average molecular weight is 431 g/mol. The van der Waals surface area contributed by atoms with Gasteiger partial charge in [-0.05, 0) is 19.1 Å². The monoisotopic (exact) mass is 431 g/mol. The predicted octanol–water partition coefficient (Wildman–Crippen LogP) is 0.144. The number of hydrogen-bond acceptors (Lipinski definition) is 9. The number of rotatable bonds is 7. The smallest absolute Gasteiger partial charge is 0.335 e. The predicted molar refractivity (Wildman–Crippen MR) is 96.4 cm³/mol. The molecule has 1 aromatic heterocycles. The number of amides is 2. The molecule has 28 heavy (non-hydrogen) atoms. The van der Waals surface area contributed by atoms with Crippen molar-refractivity contribution >= 4 is 32.0 Å². The third kappa shape index (κ3) is 5.13. The van der Waals surface area contributed by atoms with Gasteiger partial charge in [0.2, 0.25) is 11.8 Å². The fourth-order valence-electron chi connectivity index (χ4n) is 2.05. The molecular formula is C14H17N5O7S2. The number of methoxy groups -OCH3 is 1. The van der Waals surface area contributed by atoms with E-state index < -0.39 is 35.9 Å². The number of carbonyl (C=O) groups excluding carboxylic acids is 1. The second-order valence-electron chi connectivity index (χ2n) is 5.17. The summed E-state index contributed by atoms with van der Waals surface area (Å²) in [6.07, 6.45) is 0. The van der Waals surface area contributed by atoms with E-state index in [4.69, 9.17) is 4.74 Å². The molecule has 152 valence electrons. The molecular weight excluding hydrogens is 414 g/mol. The van der Waals surface area contributed by atoms with Crippen LogP contribution in [0.15, 0.2) is 40.1 Å². The van der Waals surface area contributed by atoms with Gasteiger partial charge in [-0.3, -0.25) is 10.2 Å². The Morgan fingerprint density at radius 1 is 1.00 bits per heavy atom. The number of nitrogens with one attached hydrogen (secondary N) is 3. The van der Waals surface area contributed by atoms with Crippen LogP contribution in [0.2, 0.25) is 0 Å². The summed E-state index contributed by atoms with van der Waals surface area (Å²) < 4.78 is 55.9. The first-order valence-electron chi connectivity index (χ1n) is 7.46. The molecule has 0 saturated heterocycles. The van der Waals surface area contributed by atoms with Crippen LogP contribution in [-0.2, 0) is 24.9 Å². The fourth-order valence-corrected chi connectivity index (χ4v) is 4.61. The van der Waals surface area contributed by atoms with E-state index in [2.05, 4.69) is 20.1 Å². The summed E-state index contributed by atoms with van der Waals surface area (Å²) >= 11 is 0. The van der Waals surface area contributed by atoms with E-state index in [0.29, 0.717) is 5.69 Å². The molecule has 14 heteroatoms. The molecule has 2 amide bonds. The molecule has 0 aliphatic rings. The van der Waals surface area contributed by atoms with Crippen molar-refractivity contribution < 1.29 is 31.2 Å². The Bertz CT molecular complexity index is 1090. The van der Waals surface area contributed by atoms with Crippen LogP contribution in [0.4, 0.5) is 10.7 Å². The Morgan fingerprint density at radius 2 is 1.61 bits per heavy atom. The van der Waals surface area contributed by atoms with E-state index in [0.717, 1.165) is 19.2 Å². The zero-order chi connectivity index (χ0) is 20.9. The molecule has 0 unspecified atom stereocenters. The molecule has 1 aromatic carbocycles. The lowest BCUT2D eigenvalue weighted by Crippen LogP contribution is -2.36. The van der Waals surface area contributed by atoms with E-state index in [1.807, 2.05) is 0 Å². The zero-order valence-corrected chi connectivity index (χ0v) is 16.6. The lowest BCUT2D eigenvalue weighted by Gasteiger charge is -2.12. The number of aryl methyl sites for hydroxylation is 1. The summed E-state index contributed by atoms with van der Waals surface area (Å²) in [5, 5.41) is 2.15. The largest absolute Gasteiger partial charge is 0.481 e. The Hall–Kier alpha value is -2.81. The highest BCUT2D eigenvalue weighted by Gasteiger charge is 2.28. The van der Waals surface area contributed by atoms with Crippen LogP contribution in [0.5, 0.6) is 5.88 Å². The molecule has 0 aliphatic carbocycles. The summed E-state index contributed by atoms with van der Waals surface area (Å²) in [6, 6.07) is 4.99. The third-order valence-corrected chi connectivity index (χ3v) is 5.95. The number of hydrogen-bond donors (Lipinski definition) is 3. The highest BCUT2D eigenvalue weighted by molar-refractivity contribution is 7.92. The number of urea groups is 1. The Labute approximate surface area is 161 Å². The van der Waals surface area contributed by atoms with Crippen LogP contribution in [0.1, 0.15) is 5.69 Å². The maximum absolute atomic E-state index is 12.5. The molecule has 2 aromatic rings. The van der Waals surface area contributed by atoms with E-state index in [1.54, 1.807) is 16.5 Å². The van der Waals surface area contributed by atoms with Gasteiger partial charge in [0.05, 0.1) is 14.2 Å². The maximum Gasteiger partial charge on any atom is 0.335 e. The zero-order valence-electron chi connectivity index (χ0n) is 15.0. The van der Waals surface area contributed by atoms with Gasteiger partial charge in [-0.25, -0.2) is 31.3 Å². The summed E-state index contributed by atoms with van der Waals surface area (Å²) in [6.45, 7) is 1.62. The van der Waals surface area contributed by atoms with Crippen molar-refractivity contribution in [1.82, 2.24) is 19.6 Å². The van der Waals surface area contributed by atoms with Gasteiger partial charge in [0.15, 0.2) is 0 Å². The number of benzene rings is 1. The van der Waals surface area contributed by atoms with Gasteiger partial charge in [0.1, 0.15) is 9.79 Å². The number of carbonyl (C=O) groups is 1. The Kier molecular flexibility index (Phi) is 6.50. The number of nitrogens with zero attached hydrogens (tertiary/aromatic N) is 2. The molecule has 0 radical (unpaired) electrons. The minimum Gasteiger partial charge on any atom is -0.481 e. The first kappa shape index (κ1) is 21.5. The van der Waals surface area contributed by atoms with Crippen molar-refractivity contribution in [3.63, 3.8) is 0 Å². The minimum atomic E-state index is -4.56. The SMILES string of the molecule is CONS(=O)(=O)c1ccccc1S(=O)(=O)NC(=O)Nc1nc(C)cc(OC)n1. The second-order valence-corrected chi connectivity index (χ2v) is 8.44. The first-order valence-corrected chi connectivity index (χ1v) is 10.4. The van der Waals surface area contributed by atoms with Crippen LogP contribution < -0.4 is 19.7 Å². The number of aromatic nitrogens is 2. The van der Waals surface area contributed by atoms with Crippen LogP contribution in [0.25, 0.3) is 0 Å². The van der Waals surface area contributed by atoms with Crippen molar-refractivity contribution in [3.05, 3.63) is 36.0 Å². The van der Waals surface area contributed by atoms with Gasteiger partial charge in [0, 0.05) is 11.8 Å². The first-order chi connectivity index (χ1) is 13.1. The van der Waals surface area contributed by atoms with Crippen molar-refractivity contribution in [2.24, 2.45) is 0 Å². The Morgan fingerprint density at radius 3 is 2.18 bits per heavy atom. The molecule has 0 saturated carbocycles. The van der Waals surface area contributed by atoms with Gasteiger partial charge in [-0.2, -0.15) is 4.98 Å².